The zero-order valence-corrected chi connectivity index (χ0v) is 34.4. The monoisotopic (exact) mass is 762 g/mol. The smallest absolute Gasteiger partial charge is 0.159 e. The second-order valence-electron chi connectivity index (χ2n) is 16.4. The normalized spacial score (nSPS) is 23.2. The van der Waals surface area contributed by atoms with E-state index in [9.17, 15) is 24.0 Å². The second kappa shape index (κ2) is 23.0. The van der Waals surface area contributed by atoms with Gasteiger partial charge in [0.1, 0.15) is 23.1 Å². The van der Waals surface area contributed by atoms with Gasteiger partial charge < -0.3 is 28.7 Å². The van der Waals surface area contributed by atoms with Crippen LogP contribution in [0.15, 0.2) is 48.5 Å². The standard InChI is InChI=1S/C12H15NO.C9H17NO.C9H11NO.C8H15NO.C7H13NO/c1-9(14)12(13)7-6-10-4-2-3-5-11(10)8-12;2*1-7(11)9-4-2-8(6-10)3-5-9;1-7(10)8(9)5-3-2-4-6-8;1-6(9)7(8)4-2-3-5-7/h2-5H,6-8,13H2,1H3;8-9H,2-6,10H2,1H3;2-5H,6,10H2,1H3;2-6,9H2,1H3;2-5,8H2,1H3. The van der Waals surface area contributed by atoms with Gasteiger partial charge in [-0.05, 0) is 134 Å². The van der Waals surface area contributed by atoms with Gasteiger partial charge in [0.05, 0.1) is 16.6 Å². The third-order valence-corrected chi connectivity index (χ3v) is 12.2. The Morgan fingerprint density at radius 1 is 0.582 bits per heavy atom. The highest BCUT2D eigenvalue weighted by Crippen LogP contribution is 2.30. The molecule has 0 heterocycles. The summed E-state index contributed by atoms with van der Waals surface area (Å²) in [5.74, 6) is 1.90. The third-order valence-electron chi connectivity index (χ3n) is 12.2. The lowest BCUT2D eigenvalue weighted by Crippen LogP contribution is -2.51. The minimum absolute atomic E-state index is 0.0913. The van der Waals surface area contributed by atoms with Crippen molar-refractivity contribution in [3.63, 3.8) is 0 Å². The summed E-state index contributed by atoms with van der Waals surface area (Å²) in [4.78, 5) is 55.0. The van der Waals surface area contributed by atoms with Gasteiger partial charge in [-0.2, -0.15) is 0 Å². The molecule has 306 valence electrons. The molecule has 10 nitrogen and oxygen atoms in total. The summed E-state index contributed by atoms with van der Waals surface area (Å²) in [6.07, 6.45) is 16.1. The lowest BCUT2D eigenvalue weighted by Gasteiger charge is -2.32. The first-order valence-corrected chi connectivity index (χ1v) is 20.4. The van der Waals surface area contributed by atoms with Crippen LogP contribution < -0.4 is 28.7 Å². The van der Waals surface area contributed by atoms with Crippen LogP contribution in [-0.2, 0) is 38.6 Å². The third kappa shape index (κ3) is 15.6. The van der Waals surface area contributed by atoms with Crippen molar-refractivity contribution >= 4 is 28.9 Å². The summed E-state index contributed by atoms with van der Waals surface area (Å²) in [5.41, 5.74) is 31.4. The fourth-order valence-electron chi connectivity index (χ4n) is 7.63. The molecule has 2 aromatic rings. The van der Waals surface area contributed by atoms with Crippen LogP contribution in [0.25, 0.3) is 0 Å². The number of ketones is 5. The molecule has 4 aliphatic carbocycles. The van der Waals surface area contributed by atoms with E-state index >= 15 is 0 Å². The van der Waals surface area contributed by atoms with E-state index in [2.05, 4.69) is 12.1 Å². The van der Waals surface area contributed by atoms with Gasteiger partial charge in [0.15, 0.2) is 5.78 Å². The number of carbonyl (C=O) groups is 5. The molecule has 0 radical (unpaired) electrons. The fourth-order valence-corrected chi connectivity index (χ4v) is 7.63. The van der Waals surface area contributed by atoms with Crippen molar-refractivity contribution in [2.24, 2.45) is 40.5 Å². The minimum Gasteiger partial charge on any atom is -0.330 e. The second-order valence-corrected chi connectivity index (χ2v) is 16.4. The zero-order valence-electron chi connectivity index (χ0n) is 34.4. The molecule has 0 bridgehead atoms. The van der Waals surface area contributed by atoms with Crippen LogP contribution >= 0.6 is 0 Å². The van der Waals surface area contributed by atoms with Crippen molar-refractivity contribution in [2.45, 2.75) is 161 Å². The number of fused-ring (bicyclic) bond motifs is 1. The number of rotatable bonds is 7. The first-order chi connectivity index (χ1) is 25.9. The summed E-state index contributed by atoms with van der Waals surface area (Å²) in [6.45, 7) is 9.36. The van der Waals surface area contributed by atoms with E-state index in [0.29, 0.717) is 30.6 Å². The van der Waals surface area contributed by atoms with Crippen molar-refractivity contribution in [3.05, 3.63) is 70.8 Å². The van der Waals surface area contributed by atoms with Gasteiger partial charge in [0.25, 0.3) is 0 Å². The van der Waals surface area contributed by atoms with E-state index in [-0.39, 0.29) is 23.1 Å². The van der Waals surface area contributed by atoms with Crippen LogP contribution in [0.1, 0.15) is 152 Å². The quantitative estimate of drug-likeness (QED) is 0.200. The maximum absolute atomic E-state index is 11.4. The van der Waals surface area contributed by atoms with Crippen LogP contribution in [0.4, 0.5) is 0 Å². The van der Waals surface area contributed by atoms with Gasteiger partial charge in [-0.1, -0.05) is 80.6 Å². The highest BCUT2D eigenvalue weighted by Gasteiger charge is 2.35. The van der Waals surface area contributed by atoms with Crippen molar-refractivity contribution in [3.8, 4) is 0 Å². The van der Waals surface area contributed by atoms with Crippen molar-refractivity contribution in [1.82, 2.24) is 0 Å². The predicted octanol–water partition coefficient (Wildman–Crippen LogP) is 6.23. The zero-order chi connectivity index (χ0) is 41.2. The Labute approximate surface area is 330 Å². The molecule has 0 spiro atoms. The van der Waals surface area contributed by atoms with E-state index in [4.69, 9.17) is 28.7 Å². The molecule has 2 aromatic carbocycles. The van der Waals surface area contributed by atoms with Gasteiger partial charge in [0, 0.05) is 18.0 Å². The van der Waals surface area contributed by atoms with Gasteiger partial charge in [-0.3, -0.25) is 24.0 Å². The molecular formula is C45H71N5O5. The summed E-state index contributed by atoms with van der Waals surface area (Å²) in [5, 5.41) is 0. The lowest BCUT2D eigenvalue weighted by atomic mass is 9.76. The Bertz CT molecular complexity index is 1540. The lowest BCUT2D eigenvalue weighted by molar-refractivity contribution is -0.123. The van der Waals surface area contributed by atoms with Crippen LogP contribution in [-0.4, -0.2) is 52.1 Å². The predicted molar refractivity (Wildman–Crippen MR) is 222 cm³/mol. The average Bonchev–Trinajstić information content (AvgIpc) is 3.64. The molecule has 1 atom stereocenters. The van der Waals surface area contributed by atoms with E-state index in [0.717, 1.165) is 108 Å². The van der Waals surface area contributed by atoms with Crippen LogP contribution in [0.5, 0.6) is 0 Å². The molecule has 3 fully saturated rings. The number of benzene rings is 2. The first-order valence-electron chi connectivity index (χ1n) is 20.4. The molecule has 0 saturated heterocycles. The maximum Gasteiger partial charge on any atom is 0.159 e. The van der Waals surface area contributed by atoms with Gasteiger partial charge in [-0.15, -0.1) is 0 Å². The Balaban J connectivity index is 0.000000240. The summed E-state index contributed by atoms with van der Waals surface area (Å²) >= 11 is 0. The highest BCUT2D eigenvalue weighted by molar-refractivity contribution is 5.94. The molecular weight excluding hydrogens is 691 g/mol. The topological polar surface area (TPSA) is 215 Å². The molecule has 3 saturated carbocycles. The van der Waals surface area contributed by atoms with Crippen molar-refractivity contribution < 1.29 is 24.0 Å². The maximum atomic E-state index is 11.4. The molecule has 0 aliphatic heterocycles. The molecule has 10 heteroatoms. The fraction of sp³-hybridized carbons (Fsp3) is 0.622. The van der Waals surface area contributed by atoms with Gasteiger partial charge in [-0.25, -0.2) is 0 Å². The summed E-state index contributed by atoms with van der Waals surface area (Å²) in [7, 11) is 0. The number of hydrogen-bond acceptors (Lipinski definition) is 10. The largest absolute Gasteiger partial charge is 0.330 e. The molecule has 55 heavy (non-hydrogen) atoms. The number of Topliss-reactive ketones (excluding diaryl/α,β-unsaturated/α-hetero) is 5. The summed E-state index contributed by atoms with van der Waals surface area (Å²) < 4.78 is 0. The SMILES string of the molecule is CC(=O)C1(N)CCCC1.CC(=O)C1(N)CCCCC1.CC(=O)C1(N)CCc2ccccc2C1.CC(=O)C1CCC(CN)CC1.CC(=O)c1ccc(CN)cc1. The van der Waals surface area contributed by atoms with Gasteiger partial charge >= 0.3 is 0 Å². The number of nitrogens with two attached hydrogens (primary N) is 5. The Kier molecular flexibility index (Phi) is 19.9. The molecule has 4 aliphatic rings. The van der Waals surface area contributed by atoms with Gasteiger partial charge in [0.2, 0.25) is 0 Å². The van der Waals surface area contributed by atoms with Crippen LogP contribution in [0, 0.1) is 11.8 Å². The molecule has 10 N–H and O–H groups in total. The van der Waals surface area contributed by atoms with E-state index < -0.39 is 16.6 Å². The number of hydrogen-bond donors (Lipinski definition) is 5. The minimum atomic E-state index is -0.617. The number of aryl methyl sites for hydroxylation is 1. The van der Waals surface area contributed by atoms with Crippen molar-refractivity contribution in [1.29, 1.82) is 0 Å². The molecule has 0 aromatic heterocycles. The van der Waals surface area contributed by atoms with Crippen LogP contribution in [0.3, 0.4) is 0 Å². The number of carbonyl (C=O) groups excluding carboxylic acids is 5. The van der Waals surface area contributed by atoms with Crippen molar-refractivity contribution in [2.75, 3.05) is 6.54 Å². The average molecular weight is 762 g/mol. The Morgan fingerprint density at radius 2 is 1.04 bits per heavy atom. The van der Waals surface area contributed by atoms with E-state index in [1.165, 1.54) is 17.5 Å². The highest BCUT2D eigenvalue weighted by atomic mass is 16.1. The Morgan fingerprint density at radius 3 is 1.42 bits per heavy atom. The van der Waals surface area contributed by atoms with E-state index in [1.807, 2.05) is 24.3 Å². The molecule has 6 rings (SSSR count). The first kappa shape index (κ1) is 47.7. The molecule has 1 unspecified atom stereocenters. The van der Waals surface area contributed by atoms with Crippen LogP contribution in [0.2, 0.25) is 0 Å². The Hall–Kier alpha value is -3.41. The van der Waals surface area contributed by atoms with E-state index in [1.54, 1.807) is 46.8 Å². The summed E-state index contributed by atoms with van der Waals surface area (Å²) in [6, 6.07) is 15.6. The molecule has 0 amide bonds.